The second-order valence-corrected chi connectivity index (χ2v) is 5.40. The largest absolute Gasteiger partial charge is 0.508 e. The van der Waals surface area contributed by atoms with E-state index < -0.39 is 0 Å². The van der Waals surface area contributed by atoms with Crippen LogP contribution in [0.25, 0.3) is 0 Å². The van der Waals surface area contributed by atoms with Gasteiger partial charge in [-0.2, -0.15) is 0 Å². The minimum absolute atomic E-state index is 0.102. The smallest absolute Gasteiger partial charge is 0.254 e. The van der Waals surface area contributed by atoms with Crippen molar-refractivity contribution in [2.24, 2.45) is 5.73 Å². The van der Waals surface area contributed by atoms with Crippen LogP contribution in [-0.2, 0) is 0 Å². The molecule has 1 aliphatic rings. The first kappa shape index (κ1) is 14.7. The Bertz CT molecular complexity index is 462. The molecule has 0 aromatic heterocycles. The molecule has 0 unspecified atom stereocenters. The number of carbonyl (C=O) groups is 1. The molecule has 110 valence electrons. The Balaban J connectivity index is 2.16. The summed E-state index contributed by atoms with van der Waals surface area (Å²) in [6.07, 6.45) is 3.68. The van der Waals surface area contributed by atoms with Crippen LogP contribution in [0.2, 0.25) is 0 Å². The topological polar surface area (TPSA) is 86.8 Å². The first-order chi connectivity index (χ1) is 9.51. The summed E-state index contributed by atoms with van der Waals surface area (Å²) in [4.78, 5) is 14.3. The third-order valence-electron chi connectivity index (χ3n) is 3.93. The van der Waals surface area contributed by atoms with Crippen LogP contribution in [0.5, 0.6) is 11.5 Å². The Morgan fingerprint density at radius 3 is 2.25 bits per heavy atom. The Hall–Kier alpha value is -1.75. The number of hydrogen-bond acceptors (Lipinski definition) is 4. The summed E-state index contributed by atoms with van der Waals surface area (Å²) in [5.41, 5.74) is 6.21. The Morgan fingerprint density at radius 2 is 1.75 bits per heavy atom. The molecule has 0 saturated heterocycles. The van der Waals surface area contributed by atoms with Gasteiger partial charge in [-0.1, -0.05) is 0 Å². The van der Waals surface area contributed by atoms with Crippen molar-refractivity contribution in [2.45, 2.75) is 44.7 Å². The van der Waals surface area contributed by atoms with Crippen molar-refractivity contribution < 1.29 is 15.0 Å². The normalized spacial score (nSPS) is 22.5. The van der Waals surface area contributed by atoms with E-state index in [1.807, 2.05) is 6.92 Å². The molecule has 0 atom stereocenters. The van der Waals surface area contributed by atoms with E-state index in [9.17, 15) is 15.0 Å². The van der Waals surface area contributed by atoms with E-state index in [4.69, 9.17) is 5.73 Å². The van der Waals surface area contributed by atoms with E-state index in [1.165, 1.54) is 18.2 Å². The van der Waals surface area contributed by atoms with Gasteiger partial charge in [-0.15, -0.1) is 0 Å². The molecule has 0 spiro atoms. The van der Waals surface area contributed by atoms with Crippen LogP contribution >= 0.6 is 0 Å². The molecule has 1 aromatic rings. The van der Waals surface area contributed by atoms with Crippen molar-refractivity contribution in [2.75, 3.05) is 6.54 Å². The predicted molar refractivity (Wildman–Crippen MR) is 76.7 cm³/mol. The lowest BCUT2D eigenvalue weighted by Crippen LogP contribution is -2.44. The van der Waals surface area contributed by atoms with Crippen LogP contribution in [-0.4, -0.2) is 39.6 Å². The number of phenols is 2. The molecule has 1 saturated carbocycles. The van der Waals surface area contributed by atoms with Gasteiger partial charge in [-0.25, -0.2) is 0 Å². The lowest BCUT2D eigenvalue weighted by atomic mass is 9.90. The van der Waals surface area contributed by atoms with Crippen LogP contribution in [0, 0.1) is 0 Å². The summed E-state index contributed by atoms with van der Waals surface area (Å²) < 4.78 is 0. The zero-order valence-corrected chi connectivity index (χ0v) is 11.7. The van der Waals surface area contributed by atoms with Gasteiger partial charge in [-0.05, 0) is 44.7 Å². The molecule has 0 bridgehead atoms. The van der Waals surface area contributed by atoms with E-state index in [0.717, 1.165) is 25.7 Å². The molecule has 0 heterocycles. The van der Waals surface area contributed by atoms with E-state index in [2.05, 4.69) is 0 Å². The van der Waals surface area contributed by atoms with Crippen LogP contribution in [0.3, 0.4) is 0 Å². The number of nitrogens with zero attached hydrogens (tertiary/aromatic N) is 1. The highest BCUT2D eigenvalue weighted by Crippen LogP contribution is 2.26. The number of rotatable bonds is 3. The zero-order chi connectivity index (χ0) is 14.7. The maximum absolute atomic E-state index is 12.5. The number of amides is 1. The summed E-state index contributed by atoms with van der Waals surface area (Å²) in [6, 6.07) is 4.42. The van der Waals surface area contributed by atoms with Crippen LogP contribution in [0.1, 0.15) is 43.0 Å². The van der Waals surface area contributed by atoms with Crippen molar-refractivity contribution in [1.82, 2.24) is 4.90 Å². The van der Waals surface area contributed by atoms with Crippen molar-refractivity contribution in [3.63, 3.8) is 0 Å². The molecule has 1 aromatic carbocycles. The second kappa shape index (κ2) is 6.13. The first-order valence-electron chi connectivity index (χ1n) is 7.10. The highest BCUT2D eigenvalue weighted by Gasteiger charge is 2.27. The highest BCUT2D eigenvalue weighted by atomic mass is 16.3. The summed E-state index contributed by atoms with van der Waals surface area (Å²) in [7, 11) is 0. The molecule has 1 fully saturated rings. The fraction of sp³-hybridized carbons (Fsp3) is 0.533. The van der Waals surface area contributed by atoms with E-state index in [-0.39, 0.29) is 29.5 Å². The van der Waals surface area contributed by atoms with E-state index in [0.29, 0.717) is 12.1 Å². The number of nitrogens with two attached hydrogens (primary N) is 1. The Morgan fingerprint density at radius 1 is 1.20 bits per heavy atom. The number of carbonyl (C=O) groups excluding carboxylic acids is 1. The third-order valence-corrected chi connectivity index (χ3v) is 3.93. The fourth-order valence-corrected chi connectivity index (χ4v) is 2.87. The fourth-order valence-electron chi connectivity index (χ4n) is 2.87. The molecule has 5 nitrogen and oxygen atoms in total. The van der Waals surface area contributed by atoms with Crippen molar-refractivity contribution in [3.05, 3.63) is 23.8 Å². The monoisotopic (exact) mass is 278 g/mol. The molecule has 0 radical (unpaired) electrons. The van der Waals surface area contributed by atoms with Crippen LogP contribution in [0.4, 0.5) is 0 Å². The third kappa shape index (κ3) is 3.22. The number of aromatic hydroxyl groups is 2. The maximum atomic E-state index is 12.5. The molecule has 1 aliphatic carbocycles. The Labute approximate surface area is 119 Å². The maximum Gasteiger partial charge on any atom is 0.254 e. The lowest BCUT2D eigenvalue weighted by Gasteiger charge is -2.35. The van der Waals surface area contributed by atoms with E-state index in [1.54, 1.807) is 4.90 Å². The molecule has 5 heteroatoms. The van der Waals surface area contributed by atoms with Crippen molar-refractivity contribution in [3.8, 4) is 11.5 Å². The lowest BCUT2D eigenvalue weighted by molar-refractivity contribution is 0.0640. The molecular formula is C15H22N2O3. The molecule has 4 N–H and O–H groups in total. The SMILES string of the molecule is CCN(C(=O)c1cc(O)cc(O)c1)C1CCC(N)CC1. The van der Waals surface area contributed by atoms with Gasteiger partial charge >= 0.3 is 0 Å². The molecule has 2 rings (SSSR count). The minimum Gasteiger partial charge on any atom is -0.508 e. The van der Waals surface area contributed by atoms with Gasteiger partial charge in [0.2, 0.25) is 0 Å². The molecule has 1 amide bonds. The van der Waals surface area contributed by atoms with E-state index >= 15 is 0 Å². The minimum atomic E-state index is -0.154. The van der Waals surface area contributed by atoms with Gasteiger partial charge < -0.3 is 20.8 Å². The van der Waals surface area contributed by atoms with Gasteiger partial charge in [0.1, 0.15) is 11.5 Å². The standard InChI is InChI=1S/C15H22N2O3/c1-2-17(12-5-3-11(16)4-6-12)15(20)10-7-13(18)9-14(19)8-10/h7-9,11-12,18-19H,2-6,16H2,1H3. The summed E-state index contributed by atoms with van der Waals surface area (Å²) >= 11 is 0. The number of hydrogen-bond donors (Lipinski definition) is 3. The second-order valence-electron chi connectivity index (χ2n) is 5.40. The predicted octanol–water partition coefficient (Wildman–Crippen LogP) is 1.83. The first-order valence-corrected chi connectivity index (χ1v) is 7.10. The van der Waals surface area contributed by atoms with Crippen molar-refractivity contribution >= 4 is 5.91 Å². The quantitative estimate of drug-likeness (QED) is 0.787. The van der Waals surface area contributed by atoms with Crippen molar-refractivity contribution in [1.29, 1.82) is 0 Å². The van der Waals surface area contributed by atoms with Gasteiger partial charge in [0, 0.05) is 30.3 Å². The van der Waals surface area contributed by atoms with Gasteiger partial charge in [0.25, 0.3) is 5.91 Å². The summed E-state index contributed by atoms with van der Waals surface area (Å²) in [5.74, 6) is -0.357. The van der Waals surface area contributed by atoms with Crippen LogP contribution < -0.4 is 5.73 Å². The average molecular weight is 278 g/mol. The summed E-state index contributed by atoms with van der Waals surface area (Å²) in [6.45, 7) is 2.55. The average Bonchev–Trinajstić information content (AvgIpc) is 2.40. The van der Waals surface area contributed by atoms with Gasteiger partial charge in [-0.3, -0.25) is 4.79 Å². The number of phenolic OH excluding ortho intramolecular Hbond substituents is 2. The zero-order valence-electron chi connectivity index (χ0n) is 11.7. The van der Waals surface area contributed by atoms with Crippen LogP contribution in [0.15, 0.2) is 18.2 Å². The van der Waals surface area contributed by atoms with Gasteiger partial charge in [0.05, 0.1) is 0 Å². The van der Waals surface area contributed by atoms with Gasteiger partial charge in [0.15, 0.2) is 0 Å². The highest BCUT2D eigenvalue weighted by molar-refractivity contribution is 5.95. The molecule has 20 heavy (non-hydrogen) atoms. The molecular weight excluding hydrogens is 256 g/mol. The summed E-state index contributed by atoms with van der Waals surface area (Å²) in [5, 5.41) is 19.0. The molecule has 0 aliphatic heterocycles. The number of benzene rings is 1. The Kier molecular flexibility index (Phi) is 4.49.